The van der Waals surface area contributed by atoms with Crippen LogP contribution in [0.1, 0.15) is 60.4 Å². The van der Waals surface area contributed by atoms with Gasteiger partial charge in [-0.25, -0.2) is 9.37 Å². The minimum atomic E-state index is -0.365. The van der Waals surface area contributed by atoms with Gasteiger partial charge in [-0.1, -0.05) is 18.5 Å². The van der Waals surface area contributed by atoms with E-state index in [2.05, 4.69) is 22.5 Å². The normalized spacial score (nSPS) is 26.9. The van der Waals surface area contributed by atoms with Crippen molar-refractivity contribution in [2.45, 2.75) is 50.6 Å². The minimum absolute atomic E-state index is 0.113. The lowest BCUT2D eigenvalue weighted by molar-refractivity contribution is -0.0115. The summed E-state index contributed by atoms with van der Waals surface area (Å²) < 4.78 is 13.1. The molecule has 2 N–H and O–H groups in total. The summed E-state index contributed by atoms with van der Waals surface area (Å²) in [4.78, 5) is 29.2. The maximum Gasteiger partial charge on any atom is 0.270 e. The van der Waals surface area contributed by atoms with E-state index in [9.17, 15) is 14.0 Å². The molecular formula is C22H23ClFN3O2. The summed E-state index contributed by atoms with van der Waals surface area (Å²) in [6, 6.07) is 8.81. The van der Waals surface area contributed by atoms with Crippen molar-refractivity contribution in [3.05, 3.63) is 64.7 Å². The largest absolute Gasteiger partial charge is 0.346 e. The Bertz CT molecular complexity index is 949. The molecule has 0 atom stereocenters. The van der Waals surface area contributed by atoms with Crippen molar-refractivity contribution in [1.29, 1.82) is 0 Å². The molecule has 4 rings (SSSR count). The number of carbonyl (C=O) groups excluding carboxylic acids is 2. The molecule has 0 saturated heterocycles. The monoisotopic (exact) mass is 415 g/mol. The van der Waals surface area contributed by atoms with E-state index in [1.54, 1.807) is 12.1 Å². The molecule has 5 nitrogen and oxygen atoms in total. The number of hydrogen-bond acceptors (Lipinski definition) is 3. The van der Waals surface area contributed by atoms with Crippen LogP contribution in [0, 0.1) is 11.2 Å². The fourth-order valence-electron chi connectivity index (χ4n) is 4.84. The number of benzene rings is 1. The summed E-state index contributed by atoms with van der Waals surface area (Å²) in [7, 11) is 0. The second-order valence-electron chi connectivity index (χ2n) is 8.83. The number of pyridine rings is 1. The average molecular weight is 416 g/mol. The molecule has 0 unspecified atom stereocenters. The van der Waals surface area contributed by atoms with Gasteiger partial charge < -0.3 is 10.6 Å². The van der Waals surface area contributed by atoms with Gasteiger partial charge in [-0.15, -0.1) is 0 Å². The molecule has 1 heterocycles. The van der Waals surface area contributed by atoms with Gasteiger partial charge in [0.15, 0.2) is 0 Å². The Morgan fingerprint density at radius 3 is 2.21 bits per heavy atom. The van der Waals surface area contributed by atoms with Crippen molar-refractivity contribution >= 4 is 23.4 Å². The highest BCUT2D eigenvalue weighted by Crippen LogP contribution is 2.63. The first kappa shape index (κ1) is 19.8. The van der Waals surface area contributed by atoms with Gasteiger partial charge >= 0.3 is 0 Å². The van der Waals surface area contributed by atoms with E-state index < -0.39 is 0 Å². The molecule has 2 amide bonds. The molecule has 1 aromatic carbocycles. The number of aromatic nitrogens is 1. The SMILES string of the molecule is CC1(NC(=O)c2ccc(Cl)cn2)CC(C)(C2(NC(=O)c3ccc(F)cc3)CC2)C1. The smallest absolute Gasteiger partial charge is 0.270 e. The van der Waals surface area contributed by atoms with E-state index in [0.29, 0.717) is 16.3 Å². The molecule has 152 valence electrons. The Kier molecular flexibility index (Phi) is 4.65. The topological polar surface area (TPSA) is 71.1 Å². The van der Waals surface area contributed by atoms with E-state index in [-0.39, 0.29) is 34.1 Å². The second kappa shape index (κ2) is 6.80. The first-order chi connectivity index (χ1) is 13.6. The molecule has 2 aliphatic carbocycles. The van der Waals surface area contributed by atoms with Crippen molar-refractivity contribution in [3.8, 4) is 0 Å². The van der Waals surface area contributed by atoms with Crippen LogP contribution < -0.4 is 10.6 Å². The predicted molar refractivity (Wildman–Crippen MR) is 108 cm³/mol. The summed E-state index contributed by atoms with van der Waals surface area (Å²) in [5, 5.41) is 6.73. The lowest BCUT2D eigenvalue weighted by atomic mass is 9.54. The van der Waals surface area contributed by atoms with Crippen LogP contribution in [0.2, 0.25) is 5.02 Å². The molecule has 0 aliphatic heterocycles. The van der Waals surface area contributed by atoms with Crippen molar-refractivity contribution in [1.82, 2.24) is 15.6 Å². The molecule has 7 heteroatoms. The third-order valence-corrected chi connectivity index (χ3v) is 6.52. The molecule has 0 spiro atoms. The van der Waals surface area contributed by atoms with Gasteiger partial charge in [0.05, 0.1) is 5.02 Å². The molecule has 2 fully saturated rings. The maximum absolute atomic E-state index is 13.1. The standard InChI is InChI=1S/C22H23ClFN3O2/c1-20(22(9-10-22)27-18(28)14-3-6-16(24)7-4-14)12-21(2,13-20)26-19(29)17-8-5-15(23)11-25-17/h3-8,11H,9-10,12-13H2,1-2H3,(H,26,29)(H,27,28). The van der Waals surface area contributed by atoms with Gasteiger partial charge in [0.25, 0.3) is 11.8 Å². The van der Waals surface area contributed by atoms with E-state index in [1.807, 2.05) is 6.92 Å². The number of nitrogens with zero attached hydrogens (tertiary/aromatic N) is 1. The second-order valence-corrected chi connectivity index (χ2v) is 9.27. The number of hydrogen-bond donors (Lipinski definition) is 2. The van der Waals surface area contributed by atoms with Gasteiger partial charge in [0.1, 0.15) is 11.5 Å². The maximum atomic E-state index is 13.1. The van der Waals surface area contributed by atoms with E-state index >= 15 is 0 Å². The summed E-state index contributed by atoms with van der Waals surface area (Å²) in [6.07, 6.45) is 4.76. The van der Waals surface area contributed by atoms with Crippen LogP contribution in [-0.2, 0) is 0 Å². The fourth-order valence-corrected chi connectivity index (χ4v) is 4.95. The van der Waals surface area contributed by atoms with Crippen LogP contribution in [0.4, 0.5) is 4.39 Å². The number of nitrogens with one attached hydrogen (secondary N) is 2. The molecule has 0 radical (unpaired) electrons. The van der Waals surface area contributed by atoms with Gasteiger partial charge in [-0.3, -0.25) is 9.59 Å². The van der Waals surface area contributed by atoms with Crippen LogP contribution in [0.3, 0.4) is 0 Å². The van der Waals surface area contributed by atoms with Gasteiger partial charge in [-0.2, -0.15) is 0 Å². The molecule has 29 heavy (non-hydrogen) atoms. The number of amides is 2. The van der Waals surface area contributed by atoms with Crippen LogP contribution in [-0.4, -0.2) is 27.9 Å². The van der Waals surface area contributed by atoms with E-state index in [0.717, 1.165) is 25.7 Å². The molecule has 2 saturated carbocycles. The van der Waals surface area contributed by atoms with Crippen molar-refractivity contribution in [3.63, 3.8) is 0 Å². The first-order valence-electron chi connectivity index (χ1n) is 9.66. The van der Waals surface area contributed by atoms with Crippen molar-refractivity contribution in [2.75, 3.05) is 0 Å². The lowest BCUT2D eigenvalue weighted by Crippen LogP contribution is -2.66. The highest BCUT2D eigenvalue weighted by molar-refractivity contribution is 6.30. The van der Waals surface area contributed by atoms with Crippen molar-refractivity contribution in [2.24, 2.45) is 5.41 Å². The highest BCUT2D eigenvalue weighted by atomic mass is 35.5. The molecule has 1 aromatic heterocycles. The van der Waals surface area contributed by atoms with Gasteiger partial charge in [-0.05, 0) is 74.4 Å². The molecule has 0 bridgehead atoms. The Morgan fingerprint density at radius 1 is 1.00 bits per heavy atom. The summed E-state index contributed by atoms with van der Waals surface area (Å²) in [6.45, 7) is 4.17. The van der Waals surface area contributed by atoms with Crippen LogP contribution in [0.25, 0.3) is 0 Å². The van der Waals surface area contributed by atoms with Gasteiger partial charge in [0.2, 0.25) is 0 Å². The fraction of sp³-hybridized carbons (Fsp3) is 0.409. The summed E-state index contributed by atoms with van der Waals surface area (Å²) >= 11 is 5.83. The molecule has 2 aromatic rings. The number of carbonyl (C=O) groups is 2. The number of rotatable bonds is 5. The van der Waals surface area contributed by atoms with Gasteiger partial charge in [0, 0.05) is 22.8 Å². The lowest BCUT2D eigenvalue weighted by Gasteiger charge is -2.57. The minimum Gasteiger partial charge on any atom is -0.346 e. The first-order valence-corrected chi connectivity index (χ1v) is 10.0. The Hall–Kier alpha value is -2.47. The molecular weight excluding hydrogens is 393 g/mol. The summed E-state index contributed by atoms with van der Waals surface area (Å²) in [5.74, 6) is -0.784. The average Bonchev–Trinajstić information content (AvgIpc) is 3.42. The Morgan fingerprint density at radius 2 is 1.66 bits per heavy atom. The zero-order valence-electron chi connectivity index (χ0n) is 16.4. The zero-order valence-corrected chi connectivity index (χ0v) is 17.1. The van der Waals surface area contributed by atoms with Crippen LogP contribution >= 0.6 is 11.6 Å². The third-order valence-electron chi connectivity index (χ3n) is 6.30. The van der Waals surface area contributed by atoms with E-state index in [4.69, 9.17) is 11.6 Å². The van der Waals surface area contributed by atoms with Crippen molar-refractivity contribution < 1.29 is 14.0 Å². The highest BCUT2D eigenvalue weighted by Gasteiger charge is 2.66. The Balaban J connectivity index is 1.40. The quantitative estimate of drug-likeness (QED) is 0.771. The number of halogens is 2. The summed E-state index contributed by atoms with van der Waals surface area (Å²) in [5.41, 5.74) is 0.0309. The van der Waals surface area contributed by atoms with Crippen LogP contribution in [0.5, 0.6) is 0 Å². The predicted octanol–water partition coefficient (Wildman–Crippen LogP) is 4.13. The van der Waals surface area contributed by atoms with E-state index in [1.165, 1.54) is 30.5 Å². The molecule has 2 aliphatic rings. The zero-order chi connectivity index (χ0) is 20.9. The van der Waals surface area contributed by atoms with Crippen LogP contribution in [0.15, 0.2) is 42.6 Å². The third kappa shape index (κ3) is 3.73. The Labute approximate surface area is 174 Å².